The van der Waals surface area contributed by atoms with E-state index in [0.29, 0.717) is 27.8 Å². The highest BCUT2D eigenvalue weighted by Gasteiger charge is 2.56. The van der Waals surface area contributed by atoms with E-state index in [1.165, 1.54) is 24.2 Å². The summed E-state index contributed by atoms with van der Waals surface area (Å²) in [5.74, 6) is -1.00. The van der Waals surface area contributed by atoms with Gasteiger partial charge in [0.25, 0.3) is 16.0 Å². The van der Waals surface area contributed by atoms with E-state index in [-0.39, 0.29) is 18.8 Å². The number of amides is 1. The number of benzene rings is 2. The molecular formula is C24H21FN4O4S. The van der Waals surface area contributed by atoms with Gasteiger partial charge in [0.2, 0.25) is 5.95 Å². The predicted octanol–water partition coefficient (Wildman–Crippen LogP) is 2.79. The van der Waals surface area contributed by atoms with Crippen LogP contribution in [0.1, 0.15) is 29.5 Å². The number of nitrogens with zero attached hydrogens (tertiary/aromatic N) is 3. The van der Waals surface area contributed by atoms with E-state index in [1.807, 2.05) is 0 Å². The van der Waals surface area contributed by atoms with Crippen LogP contribution >= 0.6 is 0 Å². The molecule has 2 aliphatic rings. The molecule has 174 valence electrons. The molecule has 1 unspecified atom stereocenters. The molecule has 5 rings (SSSR count). The maximum atomic E-state index is 13.6. The van der Waals surface area contributed by atoms with Crippen molar-refractivity contribution in [1.29, 1.82) is 0 Å². The van der Waals surface area contributed by atoms with Crippen molar-refractivity contribution in [3.05, 3.63) is 89.5 Å². The standard InChI is InChI=1S/C24H21FN4O4S/c1-29-21(30)24(28-22(29)26,18-6-2-4-15(12-18)16-8-9-20(25)27-14-16)19-7-3-5-17(13-19)23(10-11-23)34(31,32)33/h2-9,12-14H,10-11H2,1H3,(H2,26,28)(H,31,32,33). The van der Waals surface area contributed by atoms with Crippen molar-refractivity contribution in [3.63, 3.8) is 0 Å². The van der Waals surface area contributed by atoms with Gasteiger partial charge in [0.05, 0.1) is 0 Å². The number of rotatable bonds is 5. The highest BCUT2D eigenvalue weighted by atomic mass is 32.2. The van der Waals surface area contributed by atoms with Crippen molar-refractivity contribution in [3.8, 4) is 11.1 Å². The second-order valence-corrected chi connectivity index (χ2v) is 10.3. The number of hydrogen-bond donors (Lipinski definition) is 2. The molecule has 0 bridgehead atoms. The summed E-state index contributed by atoms with van der Waals surface area (Å²) >= 11 is 0. The highest BCUT2D eigenvalue weighted by molar-refractivity contribution is 7.87. The summed E-state index contributed by atoms with van der Waals surface area (Å²) in [6.07, 6.45) is 1.97. The quantitative estimate of drug-likeness (QED) is 0.427. The Labute approximate surface area is 195 Å². The molecule has 1 aliphatic heterocycles. The predicted molar refractivity (Wildman–Crippen MR) is 124 cm³/mol. The lowest BCUT2D eigenvalue weighted by atomic mass is 9.81. The summed E-state index contributed by atoms with van der Waals surface area (Å²) in [5.41, 5.74) is 7.14. The molecule has 1 fully saturated rings. The van der Waals surface area contributed by atoms with Gasteiger partial charge in [-0.3, -0.25) is 14.2 Å². The van der Waals surface area contributed by atoms with E-state index in [1.54, 1.807) is 54.6 Å². The van der Waals surface area contributed by atoms with E-state index < -0.39 is 32.3 Å². The number of carbonyl (C=O) groups excluding carboxylic acids is 1. The Morgan fingerprint density at radius 1 is 1.00 bits per heavy atom. The number of aromatic nitrogens is 1. The van der Waals surface area contributed by atoms with E-state index in [0.717, 1.165) is 0 Å². The van der Waals surface area contributed by atoms with Crippen molar-refractivity contribution in [1.82, 2.24) is 9.88 Å². The molecule has 3 aromatic rings. The number of aliphatic imine (C=N–C) groups is 1. The van der Waals surface area contributed by atoms with Gasteiger partial charge < -0.3 is 5.73 Å². The van der Waals surface area contributed by atoms with Gasteiger partial charge in [-0.15, -0.1) is 0 Å². The number of likely N-dealkylation sites (N-methyl/N-ethyl adjacent to an activating group) is 1. The van der Waals surface area contributed by atoms with Crippen LogP contribution in [0.3, 0.4) is 0 Å². The first-order valence-corrected chi connectivity index (χ1v) is 12.0. The van der Waals surface area contributed by atoms with Crippen LogP contribution < -0.4 is 5.73 Å². The van der Waals surface area contributed by atoms with Gasteiger partial charge >= 0.3 is 0 Å². The first-order valence-electron chi connectivity index (χ1n) is 10.5. The minimum Gasteiger partial charge on any atom is -0.369 e. The monoisotopic (exact) mass is 480 g/mol. The molecule has 1 aromatic heterocycles. The van der Waals surface area contributed by atoms with Crippen molar-refractivity contribution < 1.29 is 22.2 Å². The van der Waals surface area contributed by atoms with E-state index in [9.17, 15) is 22.2 Å². The Balaban J connectivity index is 1.71. The molecule has 2 heterocycles. The Kier molecular flexibility index (Phi) is 4.85. The molecule has 8 nitrogen and oxygen atoms in total. The SMILES string of the molecule is CN1C(=O)C(c2cccc(-c3ccc(F)nc3)c2)(c2cccc(C3(S(=O)(=O)O)CC3)c2)N=C1N. The van der Waals surface area contributed by atoms with Gasteiger partial charge in [0.15, 0.2) is 11.5 Å². The van der Waals surface area contributed by atoms with Gasteiger partial charge in [-0.1, -0.05) is 42.5 Å². The summed E-state index contributed by atoms with van der Waals surface area (Å²) in [6.45, 7) is 0. The third kappa shape index (κ3) is 3.21. The molecule has 3 N–H and O–H groups in total. The van der Waals surface area contributed by atoms with Crippen LogP contribution in [0.15, 0.2) is 71.9 Å². The van der Waals surface area contributed by atoms with Crippen LogP contribution in [-0.4, -0.2) is 41.8 Å². The zero-order chi connectivity index (χ0) is 24.3. The Morgan fingerprint density at radius 3 is 2.21 bits per heavy atom. The van der Waals surface area contributed by atoms with Gasteiger partial charge in [-0.25, -0.2) is 9.98 Å². The third-order valence-corrected chi connectivity index (χ3v) is 8.22. The fourth-order valence-corrected chi connectivity index (χ4v) is 5.53. The molecule has 0 radical (unpaired) electrons. The molecule has 1 saturated carbocycles. The molecular weight excluding hydrogens is 459 g/mol. The fraction of sp³-hybridized carbons (Fsp3) is 0.208. The molecule has 0 spiro atoms. The minimum atomic E-state index is -4.34. The number of hydrogen-bond acceptors (Lipinski definition) is 6. The molecule has 2 aromatic carbocycles. The Hall–Kier alpha value is -3.63. The van der Waals surface area contributed by atoms with Gasteiger partial charge in [-0.2, -0.15) is 12.8 Å². The summed E-state index contributed by atoms with van der Waals surface area (Å²) in [5, 5.41) is 0. The van der Waals surface area contributed by atoms with Crippen molar-refractivity contribution in [2.45, 2.75) is 23.1 Å². The molecule has 10 heteroatoms. The van der Waals surface area contributed by atoms with Gasteiger partial charge in [0.1, 0.15) is 4.75 Å². The summed E-state index contributed by atoms with van der Waals surface area (Å²) in [6, 6.07) is 16.4. The average Bonchev–Trinajstić information content (AvgIpc) is 3.61. The van der Waals surface area contributed by atoms with Crippen LogP contribution in [0.2, 0.25) is 0 Å². The maximum Gasteiger partial charge on any atom is 0.274 e. The maximum absolute atomic E-state index is 13.6. The number of guanidine groups is 1. The van der Waals surface area contributed by atoms with E-state index in [2.05, 4.69) is 9.98 Å². The van der Waals surface area contributed by atoms with Gasteiger partial charge in [0, 0.05) is 18.8 Å². The molecule has 1 amide bonds. The number of pyridine rings is 1. The summed E-state index contributed by atoms with van der Waals surface area (Å²) < 4.78 is 46.0. The first kappa shape index (κ1) is 22.2. The topological polar surface area (TPSA) is 126 Å². The largest absolute Gasteiger partial charge is 0.369 e. The van der Waals surface area contributed by atoms with Crippen LogP contribution in [0.4, 0.5) is 4.39 Å². The van der Waals surface area contributed by atoms with Crippen LogP contribution in [0, 0.1) is 5.95 Å². The van der Waals surface area contributed by atoms with Gasteiger partial charge in [-0.05, 0) is 53.3 Å². The second-order valence-electron chi connectivity index (χ2n) is 8.55. The lowest BCUT2D eigenvalue weighted by molar-refractivity contribution is -0.129. The molecule has 34 heavy (non-hydrogen) atoms. The van der Waals surface area contributed by atoms with Crippen LogP contribution in [0.25, 0.3) is 11.1 Å². The fourth-order valence-electron chi connectivity index (χ4n) is 4.49. The first-order chi connectivity index (χ1) is 16.1. The summed E-state index contributed by atoms with van der Waals surface area (Å²) in [7, 11) is -2.83. The van der Waals surface area contributed by atoms with E-state index >= 15 is 0 Å². The minimum absolute atomic E-state index is 0.0140. The van der Waals surface area contributed by atoms with E-state index in [4.69, 9.17) is 5.73 Å². The van der Waals surface area contributed by atoms with Crippen molar-refractivity contribution in [2.24, 2.45) is 10.7 Å². The zero-order valence-corrected chi connectivity index (χ0v) is 19.0. The Bertz CT molecular complexity index is 1450. The average molecular weight is 481 g/mol. The van der Waals surface area contributed by atoms with Crippen LogP contribution in [-0.2, 0) is 25.2 Å². The second kappa shape index (κ2) is 7.44. The van der Waals surface area contributed by atoms with Crippen molar-refractivity contribution >= 4 is 22.0 Å². The zero-order valence-electron chi connectivity index (χ0n) is 18.1. The normalized spacial score (nSPS) is 21.4. The Morgan fingerprint density at radius 2 is 1.65 bits per heavy atom. The number of carbonyl (C=O) groups is 1. The van der Waals surface area contributed by atoms with Crippen molar-refractivity contribution in [2.75, 3.05) is 7.05 Å². The van der Waals surface area contributed by atoms with Crippen LogP contribution in [0.5, 0.6) is 0 Å². The summed E-state index contributed by atoms with van der Waals surface area (Å²) in [4.78, 5) is 23.1. The molecule has 0 saturated heterocycles. The number of nitrogens with two attached hydrogens (primary N) is 1. The lowest BCUT2D eigenvalue weighted by Gasteiger charge is -2.27. The highest BCUT2D eigenvalue weighted by Crippen LogP contribution is 2.53. The lowest BCUT2D eigenvalue weighted by Crippen LogP contribution is -2.41. The molecule has 1 atom stereocenters. The smallest absolute Gasteiger partial charge is 0.274 e. The molecule has 1 aliphatic carbocycles. The third-order valence-electron chi connectivity index (χ3n) is 6.59. The number of halogens is 1.